The molecule has 0 spiro atoms. The van der Waals surface area contributed by atoms with E-state index >= 15 is 0 Å². The Morgan fingerprint density at radius 1 is 1.29 bits per heavy atom. The second-order valence-corrected chi connectivity index (χ2v) is 5.48. The van der Waals surface area contributed by atoms with Crippen LogP contribution in [0.15, 0.2) is 24.3 Å². The average Bonchev–Trinajstić information content (AvgIpc) is 2.49. The van der Waals surface area contributed by atoms with Crippen LogP contribution >= 0.6 is 0 Å². The van der Waals surface area contributed by atoms with Crippen LogP contribution in [-0.4, -0.2) is 39.9 Å². The van der Waals surface area contributed by atoms with Crippen LogP contribution in [0.25, 0.3) is 0 Å². The van der Waals surface area contributed by atoms with Gasteiger partial charge in [-0.05, 0) is 31.5 Å². The third-order valence-corrected chi connectivity index (χ3v) is 3.05. The van der Waals surface area contributed by atoms with Gasteiger partial charge < -0.3 is 19.5 Å². The number of methoxy groups -OCH3 is 2. The van der Waals surface area contributed by atoms with E-state index < -0.39 is 5.41 Å². The lowest BCUT2D eigenvalue weighted by Crippen LogP contribution is -2.32. The van der Waals surface area contributed by atoms with Gasteiger partial charge in [-0.15, -0.1) is 0 Å². The van der Waals surface area contributed by atoms with Gasteiger partial charge in [0, 0.05) is 20.2 Å². The number of hydrogen-bond donors (Lipinski definition) is 1. The number of rotatable bonds is 9. The van der Waals surface area contributed by atoms with Crippen molar-refractivity contribution in [2.24, 2.45) is 5.41 Å². The molecule has 0 aliphatic heterocycles. The van der Waals surface area contributed by atoms with Crippen LogP contribution in [-0.2, 0) is 20.8 Å². The van der Waals surface area contributed by atoms with Crippen LogP contribution in [0.5, 0.6) is 5.75 Å². The summed E-state index contributed by atoms with van der Waals surface area (Å²) < 4.78 is 15.5. The summed E-state index contributed by atoms with van der Waals surface area (Å²) in [6, 6.07) is 7.81. The molecule has 0 saturated heterocycles. The zero-order chi connectivity index (χ0) is 15.7. The first kappa shape index (κ1) is 17.5. The molecular weight excluding hydrogens is 270 g/mol. The summed E-state index contributed by atoms with van der Waals surface area (Å²) in [6.07, 6.45) is 0. The molecule has 1 aromatic rings. The van der Waals surface area contributed by atoms with Gasteiger partial charge in [-0.2, -0.15) is 0 Å². The summed E-state index contributed by atoms with van der Waals surface area (Å²) >= 11 is 0. The van der Waals surface area contributed by atoms with Gasteiger partial charge in [-0.3, -0.25) is 4.79 Å². The second-order valence-electron chi connectivity index (χ2n) is 5.48. The fourth-order valence-electron chi connectivity index (χ4n) is 1.75. The van der Waals surface area contributed by atoms with Crippen LogP contribution in [0.2, 0.25) is 0 Å². The van der Waals surface area contributed by atoms with Gasteiger partial charge >= 0.3 is 5.97 Å². The lowest BCUT2D eigenvalue weighted by molar-refractivity contribution is -0.152. The van der Waals surface area contributed by atoms with Crippen LogP contribution in [0, 0.1) is 5.41 Å². The summed E-state index contributed by atoms with van der Waals surface area (Å²) in [7, 11) is 3.07. The van der Waals surface area contributed by atoms with Crippen molar-refractivity contribution in [2.45, 2.75) is 20.4 Å². The highest BCUT2D eigenvalue weighted by Crippen LogP contribution is 2.21. The molecule has 0 atom stereocenters. The molecule has 21 heavy (non-hydrogen) atoms. The van der Waals surface area contributed by atoms with E-state index in [1.165, 1.54) is 7.11 Å². The van der Waals surface area contributed by atoms with Gasteiger partial charge in [0.1, 0.15) is 12.4 Å². The first-order valence-corrected chi connectivity index (χ1v) is 6.99. The van der Waals surface area contributed by atoms with Gasteiger partial charge in [-0.25, -0.2) is 0 Å². The van der Waals surface area contributed by atoms with Gasteiger partial charge in [0.05, 0.1) is 19.1 Å². The maximum absolute atomic E-state index is 11.6. The molecule has 1 N–H and O–H groups in total. The number of carbonyl (C=O) groups excluding carboxylic acids is 1. The average molecular weight is 295 g/mol. The first-order valence-electron chi connectivity index (χ1n) is 6.99. The maximum atomic E-state index is 11.6. The standard InChI is InChI=1S/C16H25NO4/c1-16(2,15(18)20-4)12-21-14-7-5-6-13(10-14)11-17-8-9-19-3/h5-7,10,17H,8-9,11-12H2,1-4H3. The van der Waals surface area contributed by atoms with E-state index in [4.69, 9.17) is 14.2 Å². The van der Waals surface area contributed by atoms with Crippen molar-refractivity contribution in [1.29, 1.82) is 0 Å². The highest BCUT2D eigenvalue weighted by atomic mass is 16.5. The minimum atomic E-state index is -0.665. The Morgan fingerprint density at radius 3 is 2.71 bits per heavy atom. The van der Waals surface area contributed by atoms with Crippen LogP contribution in [0.1, 0.15) is 19.4 Å². The van der Waals surface area contributed by atoms with Crippen molar-refractivity contribution in [2.75, 3.05) is 34.0 Å². The van der Waals surface area contributed by atoms with Crippen LogP contribution in [0.4, 0.5) is 0 Å². The second kappa shape index (κ2) is 8.64. The van der Waals surface area contributed by atoms with Gasteiger partial charge in [-0.1, -0.05) is 12.1 Å². The Balaban J connectivity index is 2.51. The summed E-state index contributed by atoms with van der Waals surface area (Å²) in [6.45, 7) is 6.12. The summed E-state index contributed by atoms with van der Waals surface area (Å²) in [4.78, 5) is 11.6. The molecule has 118 valence electrons. The number of hydrogen-bond acceptors (Lipinski definition) is 5. The molecule has 1 rings (SSSR count). The van der Waals surface area contributed by atoms with E-state index in [9.17, 15) is 4.79 Å². The molecule has 0 aliphatic carbocycles. The number of nitrogens with one attached hydrogen (secondary N) is 1. The molecule has 0 aromatic heterocycles. The number of benzene rings is 1. The predicted octanol–water partition coefficient (Wildman–Crippen LogP) is 2.00. The number of esters is 1. The molecule has 0 aliphatic rings. The highest BCUT2D eigenvalue weighted by Gasteiger charge is 2.29. The fourth-order valence-corrected chi connectivity index (χ4v) is 1.75. The van der Waals surface area contributed by atoms with Gasteiger partial charge in [0.15, 0.2) is 0 Å². The number of ether oxygens (including phenoxy) is 3. The fraction of sp³-hybridized carbons (Fsp3) is 0.562. The Morgan fingerprint density at radius 2 is 2.05 bits per heavy atom. The van der Waals surface area contributed by atoms with E-state index in [1.807, 2.05) is 24.3 Å². The van der Waals surface area contributed by atoms with E-state index in [0.717, 1.165) is 24.4 Å². The summed E-state index contributed by atoms with van der Waals surface area (Å²) in [5, 5.41) is 3.27. The lowest BCUT2D eigenvalue weighted by atomic mass is 9.95. The smallest absolute Gasteiger partial charge is 0.314 e. The molecule has 0 heterocycles. The molecule has 0 radical (unpaired) electrons. The topological polar surface area (TPSA) is 56.8 Å². The van der Waals surface area contributed by atoms with Crippen LogP contribution < -0.4 is 10.1 Å². The molecule has 0 unspecified atom stereocenters. The number of carbonyl (C=O) groups is 1. The third kappa shape index (κ3) is 6.14. The monoisotopic (exact) mass is 295 g/mol. The van der Waals surface area contributed by atoms with E-state index in [-0.39, 0.29) is 12.6 Å². The minimum absolute atomic E-state index is 0.278. The predicted molar refractivity (Wildman–Crippen MR) is 81.3 cm³/mol. The van der Waals surface area contributed by atoms with Crippen LogP contribution in [0.3, 0.4) is 0 Å². The minimum Gasteiger partial charge on any atom is -0.492 e. The molecule has 0 fully saturated rings. The maximum Gasteiger partial charge on any atom is 0.314 e. The third-order valence-electron chi connectivity index (χ3n) is 3.05. The Bertz CT molecular complexity index is 446. The molecule has 0 bridgehead atoms. The SMILES string of the molecule is COCCNCc1cccc(OCC(C)(C)C(=O)OC)c1. The quantitative estimate of drug-likeness (QED) is 0.558. The van der Waals surface area contributed by atoms with Gasteiger partial charge in [0.2, 0.25) is 0 Å². The molecule has 0 saturated carbocycles. The summed E-state index contributed by atoms with van der Waals surface area (Å²) in [5.74, 6) is 0.470. The highest BCUT2D eigenvalue weighted by molar-refractivity contribution is 5.75. The first-order chi connectivity index (χ1) is 9.99. The molecule has 1 aromatic carbocycles. The van der Waals surface area contributed by atoms with Crippen molar-refractivity contribution >= 4 is 5.97 Å². The van der Waals surface area contributed by atoms with Gasteiger partial charge in [0.25, 0.3) is 0 Å². The zero-order valence-electron chi connectivity index (χ0n) is 13.3. The molecule has 5 nitrogen and oxygen atoms in total. The Hall–Kier alpha value is -1.59. The summed E-state index contributed by atoms with van der Waals surface area (Å²) in [5.41, 5.74) is 0.459. The van der Waals surface area contributed by atoms with Crippen molar-refractivity contribution in [3.63, 3.8) is 0 Å². The lowest BCUT2D eigenvalue weighted by Gasteiger charge is -2.21. The van der Waals surface area contributed by atoms with Crippen molar-refractivity contribution in [3.05, 3.63) is 29.8 Å². The molecule has 5 heteroatoms. The Kier molecular flexibility index (Phi) is 7.19. The van der Waals surface area contributed by atoms with E-state index in [0.29, 0.717) is 6.61 Å². The largest absolute Gasteiger partial charge is 0.492 e. The van der Waals surface area contributed by atoms with Crippen molar-refractivity contribution < 1.29 is 19.0 Å². The van der Waals surface area contributed by atoms with E-state index in [2.05, 4.69) is 5.32 Å². The Labute approximate surface area is 126 Å². The van der Waals surface area contributed by atoms with E-state index in [1.54, 1.807) is 21.0 Å². The molecule has 0 amide bonds. The molecular formula is C16H25NO4. The van der Waals surface area contributed by atoms with Crippen molar-refractivity contribution in [3.8, 4) is 5.75 Å². The normalized spacial score (nSPS) is 11.2. The van der Waals surface area contributed by atoms with Crippen molar-refractivity contribution in [1.82, 2.24) is 5.32 Å². The zero-order valence-corrected chi connectivity index (χ0v) is 13.3.